The third kappa shape index (κ3) is 5.69. The van der Waals surface area contributed by atoms with Crippen LogP contribution in [0.1, 0.15) is 12.5 Å². The Kier molecular flexibility index (Phi) is 7.76. The van der Waals surface area contributed by atoms with Crippen LogP contribution in [-0.4, -0.2) is 38.0 Å². The molecule has 0 atom stereocenters. The molecule has 0 amide bonds. The molecule has 0 aromatic heterocycles. The summed E-state index contributed by atoms with van der Waals surface area (Å²) < 4.78 is 5.38. The molecule has 1 aromatic rings. The Morgan fingerprint density at radius 1 is 1.22 bits per heavy atom. The Labute approximate surface area is 113 Å². The molecule has 3 N–H and O–H groups in total. The predicted molar refractivity (Wildman–Crippen MR) is 74.3 cm³/mol. The molecule has 5 heteroatoms. The van der Waals surface area contributed by atoms with Crippen molar-refractivity contribution in [2.45, 2.75) is 13.5 Å². The maximum Gasteiger partial charge on any atom is 0.137 e. The highest BCUT2D eigenvalue weighted by molar-refractivity contribution is 6.32. The molecule has 0 radical (unpaired) electrons. The Bertz CT molecular complexity index is 348. The molecule has 0 bridgehead atoms. The van der Waals surface area contributed by atoms with Gasteiger partial charge < -0.3 is 20.5 Å². The Morgan fingerprint density at radius 3 is 2.67 bits per heavy atom. The summed E-state index contributed by atoms with van der Waals surface area (Å²) in [7, 11) is 0. The number of rotatable bonds is 9. The standard InChI is InChI=1S/C13H21ClN2O2/c1-2-18-13-4-3-11(9-12(13)14)10-16-6-5-15-7-8-17/h3-4,9,15-17H,2,5-8,10H2,1H3. The molecule has 4 nitrogen and oxygen atoms in total. The van der Waals surface area contributed by atoms with Crippen LogP contribution < -0.4 is 15.4 Å². The maximum absolute atomic E-state index is 8.59. The maximum atomic E-state index is 8.59. The molecule has 102 valence electrons. The van der Waals surface area contributed by atoms with Gasteiger partial charge >= 0.3 is 0 Å². The van der Waals surface area contributed by atoms with E-state index in [2.05, 4.69) is 10.6 Å². The van der Waals surface area contributed by atoms with E-state index in [1.54, 1.807) is 0 Å². The van der Waals surface area contributed by atoms with Gasteiger partial charge in [-0.1, -0.05) is 17.7 Å². The quantitative estimate of drug-likeness (QED) is 0.595. The minimum atomic E-state index is 0.175. The fraction of sp³-hybridized carbons (Fsp3) is 0.538. The van der Waals surface area contributed by atoms with Crippen LogP contribution in [0.5, 0.6) is 5.75 Å². The normalized spacial score (nSPS) is 10.6. The van der Waals surface area contributed by atoms with Crippen molar-refractivity contribution in [2.24, 2.45) is 0 Å². The van der Waals surface area contributed by atoms with E-state index in [-0.39, 0.29) is 6.61 Å². The molecule has 0 heterocycles. The molecule has 1 rings (SSSR count). The van der Waals surface area contributed by atoms with Crippen LogP contribution in [0.15, 0.2) is 18.2 Å². The lowest BCUT2D eigenvalue weighted by molar-refractivity contribution is 0.292. The van der Waals surface area contributed by atoms with Gasteiger partial charge in [-0.05, 0) is 24.6 Å². The van der Waals surface area contributed by atoms with Gasteiger partial charge in [0, 0.05) is 26.2 Å². The lowest BCUT2D eigenvalue weighted by atomic mass is 10.2. The van der Waals surface area contributed by atoms with Gasteiger partial charge in [0.05, 0.1) is 18.2 Å². The van der Waals surface area contributed by atoms with E-state index in [0.29, 0.717) is 18.2 Å². The van der Waals surface area contributed by atoms with Gasteiger partial charge in [-0.25, -0.2) is 0 Å². The first kappa shape index (κ1) is 15.2. The van der Waals surface area contributed by atoms with Crippen molar-refractivity contribution in [3.05, 3.63) is 28.8 Å². The van der Waals surface area contributed by atoms with Crippen molar-refractivity contribution < 1.29 is 9.84 Å². The van der Waals surface area contributed by atoms with Crippen molar-refractivity contribution in [1.29, 1.82) is 0 Å². The van der Waals surface area contributed by atoms with Gasteiger partial charge in [-0.3, -0.25) is 0 Å². The number of hydrogen-bond acceptors (Lipinski definition) is 4. The SMILES string of the molecule is CCOc1ccc(CNCCNCCO)cc1Cl. The molecule has 0 saturated heterocycles. The van der Waals surface area contributed by atoms with Crippen molar-refractivity contribution in [3.63, 3.8) is 0 Å². The van der Waals surface area contributed by atoms with Crippen molar-refractivity contribution >= 4 is 11.6 Å². The third-order valence-corrected chi connectivity index (χ3v) is 2.69. The molecule has 0 aliphatic rings. The Balaban J connectivity index is 2.28. The zero-order valence-electron chi connectivity index (χ0n) is 10.7. The molecule has 0 aliphatic heterocycles. The van der Waals surface area contributed by atoms with Crippen LogP contribution in [0, 0.1) is 0 Å². The summed E-state index contributed by atoms with van der Waals surface area (Å²) in [5.41, 5.74) is 1.13. The van der Waals surface area contributed by atoms with Crippen LogP contribution in [0.2, 0.25) is 5.02 Å². The lowest BCUT2D eigenvalue weighted by Crippen LogP contribution is -2.28. The Morgan fingerprint density at radius 2 is 2.00 bits per heavy atom. The van der Waals surface area contributed by atoms with Crippen LogP contribution >= 0.6 is 11.6 Å². The number of halogens is 1. The molecule has 0 fully saturated rings. The van der Waals surface area contributed by atoms with E-state index in [0.717, 1.165) is 30.9 Å². The number of hydrogen-bond donors (Lipinski definition) is 3. The smallest absolute Gasteiger partial charge is 0.137 e. The monoisotopic (exact) mass is 272 g/mol. The van der Waals surface area contributed by atoms with Crippen LogP contribution in [-0.2, 0) is 6.54 Å². The lowest BCUT2D eigenvalue weighted by Gasteiger charge is -2.09. The van der Waals surface area contributed by atoms with Gasteiger partial charge in [0.1, 0.15) is 5.75 Å². The van der Waals surface area contributed by atoms with E-state index in [4.69, 9.17) is 21.4 Å². The van der Waals surface area contributed by atoms with Gasteiger partial charge in [-0.2, -0.15) is 0 Å². The third-order valence-electron chi connectivity index (χ3n) is 2.39. The average Bonchev–Trinajstić information content (AvgIpc) is 2.37. The number of nitrogens with one attached hydrogen (secondary N) is 2. The fourth-order valence-corrected chi connectivity index (χ4v) is 1.80. The van der Waals surface area contributed by atoms with Gasteiger partial charge in [0.25, 0.3) is 0 Å². The summed E-state index contributed by atoms with van der Waals surface area (Å²) in [4.78, 5) is 0. The van der Waals surface area contributed by atoms with E-state index >= 15 is 0 Å². The molecule has 0 aliphatic carbocycles. The molecule has 18 heavy (non-hydrogen) atoms. The van der Waals surface area contributed by atoms with Crippen molar-refractivity contribution in [2.75, 3.05) is 32.8 Å². The minimum absolute atomic E-state index is 0.175. The number of aliphatic hydroxyl groups excluding tert-OH is 1. The van der Waals surface area contributed by atoms with Crippen molar-refractivity contribution in [1.82, 2.24) is 10.6 Å². The number of ether oxygens (including phenoxy) is 1. The van der Waals surface area contributed by atoms with Gasteiger partial charge in [0.2, 0.25) is 0 Å². The van der Waals surface area contributed by atoms with E-state index in [1.807, 2.05) is 25.1 Å². The van der Waals surface area contributed by atoms with E-state index in [1.165, 1.54) is 0 Å². The zero-order chi connectivity index (χ0) is 13.2. The summed E-state index contributed by atoms with van der Waals surface area (Å²) in [5.74, 6) is 0.729. The van der Waals surface area contributed by atoms with E-state index in [9.17, 15) is 0 Å². The largest absolute Gasteiger partial charge is 0.492 e. The molecule has 0 saturated carbocycles. The second-order valence-corrected chi connectivity index (χ2v) is 4.26. The fourth-order valence-electron chi connectivity index (χ4n) is 1.54. The number of benzene rings is 1. The summed E-state index contributed by atoms with van der Waals surface area (Å²) in [5, 5.41) is 15.6. The van der Waals surface area contributed by atoms with Crippen LogP contribution in [0.4, 0.5) is 0 Å². The highest BCUT2D eigenvalue weighted by atomic mass is 35.5. The van der Waals surface area contributed by atoms with Crippen LogP contribution in [0.25, 0.3) is 0 Å². The minimum Gasteiger partial charge on any atom is -0.492 e. The molecular formula is C13H21ClN2O2. The highest BCUT2D eigenvalue weighted by Crippen LogP contribution is 2.25. The summed E-state index contributed by atoms with van der Waals surface area (Å²) >= 11 is 6.10. The topological polar surface area (TPSA) is 53.5 Å². The Hall–Kier alpha value is -0.810. The molecule has 1 aromatic carbocycles. The number of aliphatic hydroxyl groups is 1. The summed E-state index contributed by atoms with van der Waals surface area (Å²) in [6, 6.07) is 5.82. The molecule has 0 spiro atoms. The molecule has 0 unspecified atom stereocenters. The summed E-state index contributed by atoms with van der Waals surface area (Å²) in [6.07, 6.45) is 0. The first-order valence-electron chi connectivity index (χ1n) is 6.21. The second-order valence-electron chi connectivity index (χ2n) is 3.85. The van der Waals surface area contributed by atoms with Crippen molar-refractivity contribution in [3.8, 4) is 5.75 Å². The van der Waals surface area contributed by atoms with E-state index < -0.39 is 0 Å². The zero-order valence-corrected chi connectivity index (χ0v) is 11.5. The first-order valence-corrected chi connectivity index (χ1v) is 6.59. The first-order chi connectivity index (χ1) is 8.77. The summed E-state index contributed by atoms with van der Waals surface area (Å²) in [6.45, 7) is 5.83. The second kappa shape index (κ2) is 9.16. The van der Waals surface area contributed by atoms with Gasteiger partial charge in [0.15, 0.2) is 0 Å². The van der Waals surface area contributed by atoms with Crippen LogP contribution in [0.3, 0.4) is 0 Å². The highest BCUT2D eigenvalue weighted by Gasteiger charge is 2.02. The predicted octanol–water partition coefficient (Wildman–Crippen LogP) is 1.41. The van der Waals surface area contributed by atoms with Gasteiger partial charge in [-0.15, -0.1) is 0 Å². The molecular weight excluding hydrogens is 252 g/mol. The average molecular weight is 273 g/mol.